The molecule has 0 aliphatic carbocycles. The van der Waals surface area contributed by atoms with Gasteiger partial charge in [-0.1, -0.05) is 18.5 Å². The van der Waals surface area contributed by atoms with E-state index in [9.17, 15) is 9.59 Å². The van der Waals surface area contributed by atoms with Gasteiger partial charge in [-0.2, -0.15) is 0 Å². The molecule has 22 heavy (non-hydrogen) atoms. The fourth-order valence-corrected chi connectivity index (χ4v) is 3.87. The molecule has 1 saturated heterocycles. The van der Waals surface area contributed by atoms with Crippen LogP contribution in [0.4, 0.5) is 0 Å². The maximum absolute atomic E-state index is 12.2. The van der Waals surface area contributed by atoms with E-state index in [4.69, 9.17) is 11.6 Å². The van der Waals surface area contributed by atoms with Crippen molar-refractivity contribution in [3.05, 3.63) is 32.4 Å². The standard InChI is InChI=1S/C16H20ClIN2O2/c1-2-12(20-9-3-4-15(20)21)7-8-19-16(22)13-6-5-11(17)10-14(13)18/h5-6,10,12H,2-4,7-9H2,1H3,(H,19,22). The largest absolute Gasteiger partial charge is 0.352 e. The zero-order valence-corrected chi connectivity index (χ0v) is 15.5. The minimum Gasteiger partial charge on any atom is -0.352 e. The molecule has 0 radical (unpaired) electrons. The molecule has 1 heterocycles. The Bertz CT molecular complexity index is 565. The highest BCUT2D eigenvalue weighted by Crippen LogP contribution is 2.19. The summed E-state index contributed by atoms with van der Waals surface area (Å²) in [5, 5.41) is 3.56. The van der Waals surface area contributed by atoms with Gasteiger partial charge in [0.15, 0.2) is 0 Å². The number of benzene rings is 1. The van der Waals surface area contributed by atoms with Crippen LogP contribution in [0.15, 0.2) is 18.2 Å². The smallest absolute Gasteiger partial charge is 0.252 e. The summed E-state index contributed by atoms with van der Waals surface area (Å²) in [7, 11) is 0. The van der Waals surface area contributed by atoms with Crippen LogP contribution in [0.5, 0.6) is 0 Å². The minimum absolute atomic E-state index is 0.0938. The number of nitrogens with one attached hydrogen (secondary N) is 1. The molecular weight excluding hydrogens is 415 g/mol. The Balaban J connectivity index is 1.86. The van der Waals surface area contributed by atoms with Crippen molar-refractivity contribution in [2.75, 3.05) is 13.1 Å². The van der Waals surface area contributed by atoms with Crippen molar-refractivity contribution in [2.45, 2.75) is 38.6 Å². The van der Waals surface area contributed by atoms with Crippen LogP contribution in [0.3, 0.4) is 0 Å². The van der Waals surface area contributed by atoms with E-state index in [0.717, 1.165) is 29.4 Å². The molecule has 2 rings (SSSR count). The van der Waals surface area contributed by atoms with Gasteiger partial charge in [-0.05, 0) is 60.1 Å². The second-order valence-corrected chi connectivity index (χ2v) is 7.02. The van der Waals surface area contributed by atoms with Crippen LogP contribution in [0.2, 0.25) is 5.02 Å². The second-order valence-electron chi connectivity index (χ2n) is 5.42. The van der Waals surface area contributed by atoms with Crippen molar-refractivity contribution < 1.29 is 9.59 Å². The van der Waals surface area contributed by atoms with E-state index in [1.807, 2.05) is 4.90 Å². The zero-order valence-electron chi connectivity index (χ0n) is 12.6. The fraction of sp³-hybridized carbons (Fsp3) is 0.500. The molecule has 120 valence electrons. The molecule has 1 N–H and O–H groups in total. The normalized spacial score (nSPS) is 16.0. The van der Waals surface area contributed by atoms with E-state index in [1.165, 1.54) is 0 Å². The fourth-order valence-electron chi connectivity index (χ4n) is 2.76. The third kappa shape index (κ3) is 4.35. The quantitative estimate of drug-likeness (QED) is 0.697. The summed E-state index contributed by atoms with van der Waals surface area (Å²) in [6, 6.07) is 5.45. The first kappa shape index (κ1) is 17.5. The van der Waals surface area contributed by atoms with Crippen LogP contribution >= 0.6 is 34.2 Å². The number of rotatable bonds is 6. The monoisotopic (exact) mass is 434 g/mol. The molecule has 1 aromatic carbocycles. The maximum atomic E-state index is 12.2. The molecule has 2 amide bonds. The molecule has 0 saturated carbocycles. The number of amides is 2. The van der Waals surface area contributed by atoms with E-state index in [0.29, 0.717) is 23.6 Å². The Morgan fingerprint density at radius 2 is 2.27 bits per heavy atom. The molecule has 1 fully saturated rings. The van der Waals surface area contributed by atoms with Crippen molar-refractivity contribution in [3.63, 3.8) is 0 Å². The van der Waals surface area contributed by atoms with E-state index in [-0.39, 0.29) is 17.9 Å². The third-order valence-electron chi connectivity index (χ3n) is 3.96. The van der Waals surface area contributed by atoms with Crippen molar-refractivity contribution in [2.24, 2.45) is 0 Å². The van der Waals surface area contributed by atoms with E-state index in [1.54, 1.807) is 18.2 Å². The SMILES string of the molecule is CCC(CCNC(=O)c1ccc(Cl)cc1I)N1CCCC1=O. The summed E-state index contributed by atoms with van der Waals surface area (Å²) >= 11 is 8.01. The molecular formula is C16H20ClIN2O2. The number of likely N-dealkylation sites (tertiary alicyclic amines) is 1. The number of carbonyl (C=O) groups is 2. The van der Waals surface area contributed by atoms with Crippen molar-refractivity contribution in [1.82, 2.24) is 10.2 Å². The molecule has 1 unspecified atom stereocenters. The van der Waals surface area contributed by atoms with Gasteiger partial charge in [0.25, 0.3) is 5.91 Å². The van der Waals surface area contributed by atoms with E-state index >= 15 is 0 Å². The van der Waals surface area contributed by atoms with Gasteiger partial charge in [-0.15, -0.1) is 0 Å². The molecule has 1 atom stereocenters. The Labute approximate surface area is 149 Å². The molecule has 0 aromatic heterocycles. The summed E-state index contributed by atoms with van der Waals surface area (Å²) < 4.78 is 0.837. The molecule has 1 aromatic rings. The first-order valence-corrected chi connectivity index (χ1v) is 9.01. The lowest BCUT2D eigenvalue weighted by molar-refractivity contribution is -0.129. The summed E-state index contributed by atoms with van der Waals surface area (Å²) in [6.45, 7) is 3.50. The molecule has 1 aliphatic rings. The van der Waals surface area contributed by atoms with Gasteiger partial charge in [0.05, 0.1) is 5.56 Å². The number of hydrogen-bond donors (Lipinski definition) is 1. The van der Waals surface area contributed by atoms with Gasteiger partial charge in [0.2, 0.25) is 5.91 Å². The predicted octanol–water partition coefficient (Wildman–Crippen LogP) is 3.47. The number of carbonyl (C=O) groups excluding carboxylic acids is 2. The second kappa shape index (κ2) is 8.15. The van der Waals surface area contributed by atoms with Crippen LogP contribution in [0.25, 0.3) is 0 Å². The Hall–Kier alpha value is -0.820. The van der Waals surface area contributed by atoms with Crippen LogP contribution in [0.1, 0.15) is 43.0 Å². The number of hydrogen-bond acceptors (Lipinski definition) is 2. The van der Waals surface area contributed by atoms with Crippen LogP contribution < -0.4 is 5.32 Å². The van der Waals surface area contributed by atoms with Crippen LogP contribution in [0, 0.1) is 3.57 Å². The molecule has 0 bridgehead atoms. The topological polar surface area (TPSA) is 49.4 Å². The third-order valence-corrected chi connectivity index (χ3v) is 5.09. The number of nitrogens with zero attached hydrogens (tertiary/aromatic N) is 1. The van der Waals surface area contributed by atoms with Crippen LogP contribution in [-0.4, -0.2) is 35.8 Å². The highest BCUT2D eigenvalue weighted by atomic mass is 127. The molecule has 4 nitrogen and oxygen atoms in total. The Morgan fingerprint density at radius 1 is 1.50 bits per heavy atom. The van der Waals surface area contributed by atoms with Gasteiger partial charge < -0.3 is 10.2 Å². The first-order valence-electron chi connectivity index (χ1n) is 7.55. The lowest BCUT2D eigenvalue weighted by Crippen LogP contribution is -2.38. The van der Waals surface area contributed by atoms with Gasteiger partial charge >= 0.3 is 0 Å². The van der Waals surface area contributed by atoms with E-state index < -0.39 is 0 Å². The van der Waals surface area contributed by atoms with Crippen molar-refractivity contribution in [3.8, 4) is 0 Å². The summed E-state index contributed by atoms with van der Waals surface area (Å²) in [6.07, 6.45) is 3.31. The summed E-state index contributed by atoms with van der Waals surface area (Å²) in [4.78, 5) is 25.9. The minimum atomic E-state index is -0.0938. The average molecular weight is 435 g/mol. The first-order chi connectivity index (χ1) is 10.5. The van der Waals surface area contributed by atoms with Crippen molar-refractivity contribution >= 4 is 46.0 Å². The molecule has 6 heteroatoms. The average Bonchev–Trinajstić information content (AvgIpc) is 2.89. The Kier molecular flexibility index (Phi) is 6.50. The summed E-state index contributed by atoms with van der Waals surface area (Å²) in [5.41, 5.74) is 0.635. The van der Waals surface area contributed by atoms with Gasteiger partial charge in [-0.3, -0.25) is 9.59 Å². The van der Waals surface area contributed by atoms with Crippen molar-refractivity contribution in [1.29, 1.82) is 0 Å². The van der Waals surface area contributed by atoms with Gasteiger partial charge in [0, 0.05) is 34.1 Å². The van der Waals surface area contributed by atoms with Gasteiger partial charge in [0.1, 0.15) is 0 Å². The molecule has 1 aliphatic heterocycles. The predicted molar refractivity (Wildman–Crippen MR) is 96.1 cm³/mol. The zero-order chi connectivity index (χ0) is 16.1. The highest BCUT2D eigenvalue weighted by molar-refractivity contribution is 14.1. The lowest BCUT2D eigenvalue weighted by atomic mass is 10.1. The van der Waals surface area contributed by atoms with E-state index in [2.05, 4.69) is 34.8 Å². The van der Waals surface area contributed by atoms with Gasteiger partial charge in [-0.25, -0.2) is 0 Å². The maximum Gasteiger partial charge on any atom is 0.252 e. The highest BCUT2D eigenvalue weighted by Gasteiger charge is 2.26. The lowest BCUT2D eigenvalue weighted by Gasteiger charge is -2.26. The van der Waals surface area contributed by atoms with Crippen LogP contribution in [-0.2, 0) is 4.79 Å². The number of halogens is 2. The summed E-state index contributed by atoms with van der Waals surface area (Å²) in [5.74, 6) is 0.147. The Morgan fingerprint density at radius 3 is 2.86 bits per heavy atom. The molecule has 0 spiro atoms.